The van der Waals surface area contributed by atoms with Crippen LogP contribution in [-0.4, -0.2) is 18.9 Å². The van der Waals surface area contributed by atoms with Crippen molar-refractivity contribution >= 4 is 23.1 Å². The molecule has 1 aliphatic carbocycles. The van der Waals surface area contributed by atoms with Crippen molar-refractivity contribution in [2.24, 2.45) is 0 Å². The number of hydrogen-bond acceptors (Lipinski definition) is 4. The van der Waals surface area contributed by atoms with Crippen LogP contribution in [0.5, 0.6) is 0 Å². The number of aryl methyl sites for hydroxylation is 2. The van der Waals surface area contributed by atoms with E-state index in [0.717, 1.165) is 12.8 Å². The summed E-state index contributed by atoms with van der Waals surface area (Å²) in [7, 11) is 1.30. The zero-order valence-electron chi connectivity index (χ0n) is 9.25. The van der Waals surface area contributed by atoms with Gasteiger partial charge in [0, 0.05) is 4.88 Å². The van der Waals surface area contributed by atoms with Crippen molar-refractivity contribution in [3.63, 3.8) is 0 Å². The van der Waals surface area contributed by atoms with E-state index in [9.17, 15) is 9.59 Å². The molecule has 0 atom stereocenters. The fraction of sp³-hybridized carbons (Fsp3) is 0.500. The van der Waals surface area contributed by atoms with Gasteiger partial charge in [-0.1, -0.05) is 0 Å². The first-order valence-electron chi connectivity index (χ1n) is 5.42. The third kappa shape index (κ3) is 2.32. The van der Waals surface area contributed by atoms with Crippen LogP contribution in [0.25, 0.3) is 0 Å². The molecule has 2 rings (SSSR count). The molecule has 0 aromatic carbocycles. The average Bonchev–Trinajstić information content (AvgIpc) is 2.72. The molecule has 0 saturated carbocycles. The maximum absolute atomic E-state index is 11.7. The second-order valence-corrected chi connectivity index (χ2v) is 5.08. The highest BCUT2D eigenvalue weighted by molar-refractivity contribution is 7.14. The molecule has 0 bridgehead atoms. The standard InChI is InChI=1S/C12H14O3S/c1-15-12(14)7-9(13)11-6-8-4-2-3-5-10(8)16-11/h6H,2-5,7H2,1H3. The molecule has 0 amide bonds. The number of rotatable bonds is 3. The lowest BCUT2D eigenvalue weighted by atomic mass is 9.99. The van der Waals surface area contributed by atoms with Crippen molar-refractivity contribution in [2.75, 3.05) is 7.11 Å². The summed E-state index contributed by atoms with van der Waals surface area (Å²) in [5.74, 6) is -0.581. The monoisotopic (exact) mass is 238 g/mol. The number of carbonyl (C=O) groups excluding carboxylic acids is 2. The van der Waals surface area contributed by atoms with Crippen LogP contribution in [0.4, 0.5) is 0 Å². The second-order valence-electron chi connectivity index (χ2n) is 3.94. The lowest BCUT2D eigenvalue weighted by Crippen LogP contribution is -2.08. The fourth-order valence-corrected chi connectivity index (χ4v) is 3.11. The normalized spacial score (nSPS) is 14.3. The summed E-state index contributed by atoms with van der Waals surface area (Å²) >= 11 is 1.54. The van der Waals surface area contributed by atoms with Crippen molar-refractivity contribution in [3.05, 3.63) is 21.4 Å². The number of hydrogen-bond donors (Lipinski definition) is 0. The van der Waals surface area contributed by atoms with Crippen LogP contribution < -0.4 is 0 Å². The van der Waals surface area contributed by atoms with E-state index < -0.39 is 5.97 Å². The molecule has 1 aromatic heterocycles. The Hall–Kier alpha value is -1.16. The third-order valence-corrected chi connectivity index (χ3v) is 4.08. The Morgan fingerprint density at radius 3 is 2.81 bits per heavy atom. The van der Waals surface area contributed by atoms with Gasteiger partial charge in [0.2, 0.25) is 0 Å². The Kier molecular flexibility index (Phi) is 3.39. The van der Waals surface area contributed by atoms with E-state index in [1.165, 1.54) is 41.7 Å². The molecule has 0 fully saturated rings. The molecule has 0 N–H and O–H groups in total. The molecule has 86 valence electrons. The van der Waals surface area contributed by atoms with E-state index >= 15 is 0 Å². The zero-order valence-corrected chi connectivity index (χ0v) is 10.1. The van der Waals surface area contributed by atoms with Gasteiger partial charge in [0.15, 0.2) is 5.78 Å². The van der Waals surface area contributed by atoms with Crippen LogP contribution in [-0.2, 0) is 22.4 Å². The number of fused-ring (bicyclic) bond motifs is 1. The number of thiophene rings is 1. The zero-order chi connectivity index (χ0) is 11.5. The summed E-state index contributed by atoms with van der Waals surface area (Å²) < 4.78 is 4.49. The Morgan fingerprint density at radius 1 is 1.38 bits per heavy atom. The van der Waals surface area contributed by atoms with Crippen molar-refractivity contribution in [2.45, 2.75) is 32.1 Å². The quantitative estimate of drug-likeness (QED) is 0.461. The topological polar surface area (TPSA) is 43.4 Å². The van der Waals surface area contributed by atoms with Gasteiger partial charge in [-0.2, -0.15) is 0 Å². The summed E-state index contributed by atoms with van der Waals surface area (Å²) in [6, 6.07) is 1.95. The van der Waals surface area contributed by atoms with Gasteiger partial charge in [0.05, 0.1) is 12.0 Å². The lowest BCUT2D eigenvalue weighted by molar-refractivity contribution is -0.139. The maximum Gasteiger partial charge on any atom is 0.313 e. The average molecular weight is 238 g/mol. The van der Waals surface area contributed by atoms with Crippen LogP contribution in [0, 0.1) is 0 Å². The predicted octanol–water partition coefficient (Wildman–Crippen LogP) is 2.37. The number of carbonyl (C=O) groups is 2. The molecule has 0 radical (unpaired) electrons. The van der Waals surface area contributed by atoms with E-state index in [1.807, 2.05) is 6.07 Å². The molecule has 0 spiro atoms. The van der Waals surface area contributed by atoms with Crippen molar-refractivity contribution < 1.29 is 14.3 Å². The molecule has 0 saturated heterocycles. The van der Waals surface area contributed by atoms with Crippen LogP contribution in [0.15, 0.2) is 6.07 Å². The molecule has 4 heteroatoms. The number of Topliss-reactive ketones (excluding diaryl/α,β-unsaturated/α-hetero) is 1. The maximum atomic E-state index is 11.7. The van der Waals surface area contributed by atoms with Gasteiger partial charge in [-0.25, -0.2) is 0 Å². The van der Waals surface area contributed by atoms with Crippen LogP contribution in [0.2, 0.25) is 0 Å². The Balaban J connectivity index is 2.12. The molecule has 16 heavy (non-hydrogen) atoms. The summed E-state index contributed by atoms with van der Waals surface area (Å²) in [4.78, 5) is 24.8. The minimum atomic E-state index is -0.462. The highest BCUT2D eigenvalue weighted by Gasteiger charge is 2.19. The van der Waals surface area contributed by atoms with E-state index in [-0.39, 0.29) is 12.2 Å². The van der Waals surface area contributed by atoms with Gasteiger partial charge < -0.3 is 4.74 Å². The van der Waals surface area contributed by atoms with Crippen molar-refractivity contribution in [1.29, 1.82) is 0 Å². The minimum Gasteiger partial charge on any atom is -0.469 e. The molecular weight excluding hydrogens is 224 g/mol. The van der Waals surface area contributed by atoms with Gasteiger partial charge in [-0.15, -0.1) is 11.3 Å². The summed E-state index contributed by atoms with van der Waals surface area (Å²) in [5, 5.41) is 0. The molecule has 1 heterocycles. The second kappa shape index (κ2) is 4.78. The van der Waals surface area contributed by atoms with Gasteiger partial charge >= 0.3 is 5.97 Å². The van der Waals surface area contributed by atoms with Gasteiger partial charge in [0.1, 0.15) is 6.42 Å². The summed E-state index contributed by atoms with van der Waals surface area (Å²) in [5.41, 5.74) is 1.30. The molecule has 1 aromatic rings. The summed E-state index contributed by atoms with van der Waals surface area (Å²) in [6.45, 7) is 0. The first kappa shape index (κ1) is 11.3. The molecular formula is C12H14O3S. The highest BCUT2D eigenvalue weighted by atomic mass is 32.1. The Labute approximate surface area is 98.4 Å². The molecule has 0 unspecified atom stereocenters. The number of esters is 1. The highest BCUT2D eigenvalue weighted by Crippen LogP contribution is 2.30. The van der Waals surface area contributed by atoms with E-state index in [0.29, 0.717) is 4.88 Å². The van der Waals surface area contributed by atoms with Crippen LogP contribution >= 0.6 is 11.3 Å². The smallest absolute Gasteiger partial charge is 0.313 e. The first-order valence-corrected chi connectivity index (χ1v) is 6.24. The fourth-order valence-electron chi connectivity index (χ4n) is 1.92. The van der Waals surface area contributed by atoms with Crippen LogP contribution in [0.1, 0.15) is 39.4 Å². The van der Waals surface area contributed by atoms with Gasteiger partial charge in [-0.3, -0.25) is 9.59 Å². The number of methoxy groups -OCH3 is 1. The Bertz CT molecular complexity index is 396. The predicted molar refractivity (Wildman–Crippen MR) is 61.9 cm³/mol. The lowest BCUT2D eigenvalue weighted by Gasteiger charge is -2.08. The number of ether oxygens (including phenoxy) is 1. The third-order valence-electron chi connectivity index (χ3n) is 2.80. The minimum absolute atomic E-state index is 0.119. The van der Waals surface area contributed by atoms with E-state index in [1.54, 1.807) is 0 Å². The van der Waals surface area contributed by atoms with Gasteiger partial charge in [0.25, 0.3) is 0 Å². The summed E-state index contributed by atoms with van der Waals surface area (Å²) in [6.07, 6.45) is 4.41. The largest absolute Gasteiger partial charge is 0.469 e. The van der Waals surface area contributed by atoms with Gasteiger partial charge in [-0.05, 0) is 37.3 Å². The van der Waals surface area contributed by atoms with Crippen molar-refractivity contribution in [1.82, 2.24) is 0 Å². The first-order chi connectivity index (χ1) is 7.70. The van der Waals surface area contributed by atoms with Crippen LogP contribution in [0.3, 0.4) is 0 Å². The van der Waals surface area contributed by atoms with E-state index in [4.69, 9.17) is 0 Å². The molecule has 1 aliphatic rings. The molecule has 3 nitrogen and oxygen atoms in total. The SMILES string of the molecule is COC(=O)CC(=O)c1cc2c(s1)CCCC2. The number of ketones is 1. The molecule has 0 aliphatic heterocycles. The Morgan fingerprint density at radius 2 is 2.12 bits per heavy atom. The van der Waals surface area contributed by atoms with Crippen molar-refractivity contribution in [3.8, 4) is 0 Å². The van der Waals surface area contributed by atoms with E-state index in [2.05, 4.69) is 4.74 Å².